The van der Waals surface area contributed by atoms with Crippen molar-refractivity contribution in [3.8, 4) is 0 Å². The quantitative estimate of drug-likeness (QED) is 0.783. The monoisotopic (exact) mass is 226 g/mol. The zero-order valence-corrected chi connectivity index (χ0v) is 9.44. The van der Waals surface area contributed by atoms with E-state index in [1.807, 2.05) is 36.4 Å². The van der Waals surface area contributed by atoms with Crippen molar-refractivity contribution in [3.63, 3.8) is 0 Å². The number of halogens is 1. The molecule has 0 aromatic heterocycles. The predicted octanol–water partition coefficient (Wildman–Crippen LogP) is 3.63. The first-order valence-corrected chi connectivity index (χ1v) is 5.61. The first-order chi connectivity index (χ1) is 6.70. The molecule has 0 heterocycles. The van der Waals surface area contributed by atoms with Crippen LogP contribution in [-0.2, 0) is 4.79 Å². The van der Waals surface area contributed by atoms with Gasteiger partial charge in [0.05, 0.1) is 0 Å². The lowest BCUT2D eigenvalue weighted by atomic mass is 10.2. The van der Waals surface area contributed by atoms with E-state index in [9.17, 15) is 4.79 Å². The molecule has 0 bridgehead atoms. The number of hydrogen-bond donors (Lipinski definition) is 0. The Balaban J connectivity index is 2.52. The Labute approximate surface area is 93.2 Å². The molecule has 1 aromatic carbocycles. The average molecular weight is 227 g/mol. The van der Waals surface area contributed by atoms with E-state index in [0.29, 0.717) is 5.75 Å². The number of carbonyl (C=O) groups is 1. The van der Waals surface area contributed by atoms with Crippen LogP contribution in [0.1, 0.15) is 12.5 Å². The van der Waals surface area contributed by atoms with Gasteiger partial charge in [0, 0.05) is 17.7 Å². The molecule has 0 fully saturated rings. The van der Waals surface area contributed by atoms with Crippen LogP contribution in [0.25, 0.3) is 6.08 Å². The fourth-order valence-electron chi connectivity index (χ4n) is 0.951. The van der Waals surface area contributed by atoms with Gasteiger partial charge < -0.3 is 0 Å². The Hall–Kier alpha value is -0.730. The van der Waals surface area contributed by atoms with Crippen molar-refractivity contribution < 1.29 is 4.79 Å². The second-order valence-electron chi connectivity index (χ2n) is 2.73. The van der Waals surface area contributed by atoms with Crippen LogP contribution < -0.4 is 0 Å². The highest BCUT2D eigenvalue weighted by Crippen LogP contribution is 2.16. The van der Waals surface area contributed by atoms with Crippen molar-refractivity contribution in [2.45, 2.75) is 6.92 Å². The van der Waals surface area contributed by atoms with E-state index >= 15 is 0 Å². The van der Waals surface area contributed by atoms with Crippen LogP contribution >= 0.6 is 23.4 Å². The summed E-state index contributed by atoms with van der Waals surface area (Å²) in [6.45, 7) is 1.56. The SMILES string of the molecule is CC(=O)SCC=Cc1ccccc1Cl. The number of carbonyl (C=O) groups excluding carboxylic acids is 1. The molecule has 0 aliphatic rings. The summed E-state index contributed by atoms with van der Waals surface area (Å²) >= 11 is 7.23. The first kappa shape index (κ1) is 11.3. The van der Waals surface area contributed by atoms with Gasteiger partial charge in [-0.3, -0.25) is 4.79 Å². The number of rotatable bonds is 3. The fraction of sp³-hybridized carbons (Fsp3) is 0.182. The molecule has 0 unspecified atom stereocenters. The number of benzene rings is 1. The normalized spacial score (nSPS) is 10.7. The molecule has 3 heteroatoms. The molecule has 0 amide bonds. The predicted molar refractivity (Wildman–Crippen MR) is 63.6 cm³/mol. The topological polar surface area (TPSA) is 17.1 Å². The molecule has 0 aliphatic carbocycles. The molecule has 1 rings (SSSR count). The second-order valence-corrected chi connectivity index (χ2v) is 4.33. The Morgan fingerprint density at radius 2 is 2.21 bits per heavy atom. The zero-order chi connectivity index (χ0) is 10.4. The maximum atomic E-state index is 10.6. The van der Waals surface area contributed by atoms with Crippen LogP contribution in [0.2, 0.25) is 5.02 Å². The molecule has 1 aromatic rings. The Kier molecular flexibility index (Phi) is 4.77. The van der Waals surface area contributed by atoms with Gasteiger partial charge in [0.15, 0.2) is 5.12 Å². The van der Waals surface area contributed by atoms with E-state index in [1.165, 1.54) is 11.8 Å². The third kappa shape index (κ3) is 3.99. The molecule has 0 N–H and O–H groups in total. The molecular formula is C11H11ClOS. The third-order valence-corrected chi connectivity index (χ3v) is 2.70. The summed E-state index contributed by atoms with van der Waals surface area (Å²) < 4.78 is 0. The van der Waals surface area contributed by atoms with E-state index in [0.717, 1.165) is 10.6 Å². The van der Waals surface area contributed by atoms with E-state index in [-0.39, 0.29) is 5.12 Å². The number of hydrogen-bond acceptors (Lipinski definition) is 2. The van der Waals surface area contributed by atoms with Crippen molar-refractivity contribution in [3.05, 3.63) is 40.9 Å². The molecule has 0 spiro atoms. The summed E-state index contributed by atoms with van der Waals surface area (Å²) in [4.78, 5) is 10.6. The maximum absolute atomic E-state index is 10.6. The summed E-state index contributed by atoms with van der Waals surface area (Å²) in [5.74, 6) is 0.695. The van der Waals surface area contributed by atoms with Gasteiger partial charge in [-0.05, 0) is 11.6 Å². The van der Waals surface area contributed by atoms with Crippen LogP contribution in [0, 0.1) is 0 Å². The minimum atomic E-state index is 0.133. The van der Waals surface area contributed by atoms with Gasteiger partial charge in [0.25, 0.3) is 0 Å². The van der Waals surface area contributed by atoms with Crippen molar-refractivity contribution in [1.82, 2.24) is 0 Å². The molecule has 0 saturated carbocycles. The van der Waals surface area contributed by atoms with Crippen molar-refractivity contribution >= 4 is 34.6 Å². The third-order valence-electron chi connectivity index (χ3n) is 1.59. The summed E-state index contributed by atoms with van der Waals surface area (Å²) in [7, 11) is 0. The maximum Gasteiger partial charge on any atom is 0.186 e. The summed E-state index contributed by atoms with van der Waals surface area (Å²) in [6.07, 6.45) is 3.87. The largest absolute Gasteiger partial charge is 0.288 e. The van der Waals surface area contributed by atoms with E-state index < -0.39 is 0 Å². The van der Waals surface area contributed by atoms with Crippen molar-refractivity contribution in [2.24, 2.45) is 0 Å². The van der Waals surface area contributed by atoms with E-state index in [4.69, 9.17) is 11.6 Å². The molecule has 0 aliphatic heterocycles. The Morgan fingerprint density at radius 1 is 1.50 bits per heavy atom. The lowest BCUT2D eigenvalue weighted by Gasteiger charge is -1.95. The second kappa shape index (κ2) is 5.89. The highest BCUT2D eigenvalue weighted by atomic mass is 35.5. The van der Waals surface area contributed by atoms with E-state index in [1.54, 1.807) is 6.92 Å². The molecule has 0 saturated heterocycles. The summed E-state index contributed by atoms with van der Waals surface area (Å²) in [5.41, 5.74) is 0.985. The molecular weight excluding hydrogens is 216 g/mol. The van der Waals surface area contributed by atoms with Crippen LogP contribution in [0.5, 0.6) is 0 Å². The van der Waals surface area contributed by atoms with Gasteiger partial charge >= 0.3 is 0 Å². The minimum Gasteiger partial charge on any atom is -0.288 e. The summed E-state index contributed by atoms with van der Waals surface area (Å²) in [5, 5.41) is 0.866. The van der Waals surface area contributed by atoms with Crippen LogP contribution in [0.15, 0.2) is 30.3 Å². The smallest absolute Gasteiger partial charge is 0.186 e. The van der Waals surface area contributed by atoms with Crippen LogP contribution in [0.4, 0.5) is 0 Å². The van der Waals surface area contributed by atoms with Gasteiger partial charge in [-0.2, -0.15) is 0 Å². The van der Waals surface area contributed by atoms with Crippen LogP contribution in [0.3, 0.4) is 0 Å². The van der Waals surface area contributed by atoms with Gasteiger partial charge in [0.2, 0.25) is 0 Å². The van der Waals surface area contributed by atoms with Crippen LogP contribution in [-0.4, -0.2) is 10.9 Å². The van der Waals surface area contributed by atoms with E-state index in [2.05, 4.69) is 0 Å². The highest BCUT2D eigenvalue weighted by Gasteiger charge is 1.93. The molecule has 14 heavy (non-hydrogen) atoms. The lowest BCUT2D eigenvalue weighted by Crippen LogP contribution is -1.81. The summed E-state index contributed by atoms with van der Waals surface area (Å²) in [6, 6.07) is 7.62. The minimum absolute atomic E-state index is 0.133. The van der Waals surface area contributed by atoms with Gasteiger partial charge in [-0.25, -0.2) is 0 Å². The molecule has 74 valence electrons. The van der Waals surface area contributed by atoms with Gasteiger partial charge in [0.1, 0.15) is 0 Å². The molecule has 0 atom stereocenters. The first-order valence-electron chi connectivity index (χ1n) is 4.24. The fourth-order valence-corrected chi connectivity index (χ4v) is 1.58. The van der Waals surface area contributed by atoms with Gasteiger partial charge in [-0.15, -0.1) is 0 Å². The Bertz CT molecular complexity index is 347. The molecule has 0 radical (unpaired) electrons. The van der Waals surface area contributed by atoms with Crippen molar-refractivity contribution in [2.75, 3.05) is 5.75 Å². The highest BCUT2D eigenvalue weighted by molar-refractivity contribution is 8.13. The van der Waals surface area contributed by atoms with Crippen molar-refractivity contribution in [1.29, 1.82) is 0 Å². The standard InChI is InChI=1S/C11H11ClOS/c1-9(13)14-8-4-6-10-5-2-3-7-11(10)12/h2-7H,8H2,1H3. The van der Waals surface area contributed by atoms with Gasteiger partial charge in [-0.1, -0.05) is 53.7 Å². The Morgan fingerprint density at radius 3 is 2.86 bits per heavy atom. The lowest BCUT2D eigenvalue weighted by molar-refractivity contribution is -0.109. The molecule has 1 nitrogen and oxygen atoms in total. The average Bonchev–Trinajstić information content (AvgIpc) is 2.15. The zero-order valence-electron chi connectivity index (χ0n) is 7.87. The number of thioether (sulfide) groups is 1.